The van der Waals surface area contributed by atoms with Crippen LogP contribution in [0.5, 0.6) is 11.5 Å². The zero-order valence-electron chi connectivity index (χ0n) is 16.7. The van der Waals surface area contributed by atoms with Gasteiger partial charge < -0.3 is 9.47 Å². The van der Waals surface area contributed by atoms with Crippen molar-refractivity contribution < 1.29 is 26.3 Å². The number of methoxy groups -OCH3 is 2. The van der Waals surface area contributed by atoms with Gasteiger partial charge in [0.2, 0.25) is 10.0 Å². The van der Waals surface area contributed by atoms with Gasteiger partial charge in [0.25, 0.3) is 0 Å². The highest BCUT2D eigenvalue weighted by molar-refractivity contribution is 7.92. The summed E-state index contributed by atoms with van der Waals surface area (Å²) in [5.41, 5.74) is 1.63. The van der Waals surface area contributed by atoms with E-state index in [2.05, 4.69) is 0 Å². The van der Waals surface area contributed by atoms with Crippen molar-refractivity contribution in [2.75, 3.05) is 25.7 Å². The SMILES string of the molecule is COc1ccc(CN([C@@H]2CCS(=O)(=O)C2)S(=O)(=O)c2ccc(C)cc2)cc1OC. The molecule has 29 heavy (non-hydrogen) atoms. The van der Waals surface area contributed by atoms with Gasteiger partial charge in [0.05, 0.1) is 30.6 Å². The Kier molecular flexibility index (Phi) is 6.21. The fourth-order valence-electron chi connectivity index (χ4n) is 3.42. The molecule has 1 saturated heterocycles. The van der Waals surface area contributed by atoms with Crippen molar-refractivity contribution in [2.45, 2.75) is 30.8 Å². The number of benzene rings is 2. The molecule has 0 unspecified atom stereocenters. The quantitative estimate of drug-likeness (QED) is 0.658. The number of rotatable bonds is 7. The molecule has 1 fully saturated rings. The molecule has 1 aliphatic rings. The monoisotopic (exact) mass is 439 g/mol. The third-order valence-electron chi connectivity index (χ3n) is 5.03. The van der Waals surface area contributed by atoms with E-state index in [1.165, 1.54) is 18.5 Å². The second kappa shape index (κ2) is 8.33. The standard InChI is InChI=1S/C20H25NO6S2/c1-15-4-7-18(8-5-15)29(24,25)21(17-10-11-28(22,23)14-17)13-16-6-9-19(26-2)20(12-16)27-3/h4-9,12,17H,10-11,13-14H2,1-3H3/t17-/m1/s1. The van der Waals surface area contributed by atoms with Crippen LogP contribution >= 0.6 is 0 Å². The fraction of sp³-hybridized carbons (Fsp3) is 0.400. The van der Waals surface area contributed by atoms with Crippen molar-refractivity contribution in [1.29, 1.82) is 0 Å². The van der Waals surface area contributed by atoms with Crippen LogP contribution in [0, 0.1) is 6.92 Å². The molecule has 158 valence electrons. The Hall–Kier alpha value is -2.10. The lowest BCUT2D eigenvalue weighted by atomic mass is 10.1. The zero-order chi connectivity index (χ0) is 21.2. The van der Waals surface area contributed by atoms with E-state index in [-0.39, 0.29) is 29.4 Å². The minimum absolute atomic E-state index is 0.0104. The van der Waals surface area contributed by atoms with E-state index < -0.39 is 25.9 Å². The molecule has 1 heterocycles. The zero-order valence-corrected chi connectivity index (χ0v) is 18.3. The van der Waals surface area contributed by atoms with Crippen LogP contribution in [-0.4, -0.2) is 52.9 Å². The van der Waals surface area contributed by atoms with Gasteiger partial charge >= 0.3 is 0 Å². The molecule has 0 radical (unpaired) electrons. The number of sulfonamides is 1. The molecular weight excluding hydrogens is 414 g/mol. The molecule has 0 spiro atoms. The lowest BCUT2D eigenvalue weighted by Gasteiger charge is -2.28. The number of hydrogen-bond donors (Lipinski definition) is 0. The van der Waals surface area contributed by atoms with E-state index >= 15 is 0 Å². The van der Waals surface area contributed by atoms with Gasteiger partial charge in [-0.25, -0.2) is 16.8 Å². The van der Waals surface area contributed by atoms with E-state index in [4.69, 9.17) is 9.47 Å². The molecular formula is C20H25NO6S2. The number of ether oxygens (including phenoxy) is 2. The highest BCUT2D eigenvalue weighted by Crippen LogP contribution is 2.31. The van der Waals surface area contributed by atoms with Crippen molar-refractivity contribution >= 4 is 19.9 Å². The summed E-state index contributed by atoms with van der Waals surface area (Å²) in [7, 11) is -4.12. The molecule has 1 aliphatic heterocycles. The molecule has 1 atom stereocenters. The van der Waals surface area contributed by atoms with E-state index in [0.717, 1.165) is 5.56 Å². The first-order valence-electron chi connectivity index (χ1n) is 9.16. The lowest BCUT2D eigenvalue weighted by molar-refractivity contribution is 0.331. The van der Waals surface area contributed by atoms with Crippen LogP contribution in [-0.2, 0) is 26.4 Å². The van der Waals surface area contributed by atoms with Gasteiger partial charge in [0.1, 0.15) is 0 Å². The largest absolute Gasteiger partial charge is 0.493 e. The van der Waals surface area contributed by atoms with Gasteiger partial charge in [-0.05, 0) is 43.2 Å². The van der Waals surface area contributed by atoms with Crippen molar-refractivity contribution in [3.05, 3.63) is 53.6 Å². The van der Waals surface area contributed by atoms with Crippen LogP contribution in [0.2, 0.25) is 0 Å². The summed E-state index contributed by atoms with van der Waals surface area (Å²) in [5.74, 6) is 0.832. The van der Waals surface area contributed by atoms with Crippen molar-refractivity contribution in [1.82, 2.24) is 4.31 Å². The maximum absolute atomic E-state index is 13.4. The summed E-state index contributed by atoms with van der Waals surface area (Å²) >= 11 is 0. The Balaban J connectivity index is 2.01. The van der Waals surface area contributed by atoms with E-state index in [1.54, 1.807) is 42.5 Å². The van der Waals surface area contributed by atoms with Gasteiger partial charge in [-0.15, -0.1) is 0 Å². The highest BCUT2D eigenvalue weighted by atomic mass is 32.2. The summed E-state index contributed by atoms with van der Waals surface area (Å²) < 4.78 is 62.7. The fourth-order valence-corrected chi connectivity index (χ4v) is 6.88. The van der Waals surface area contributed by atoms with Crippen molar-refractivity contribution in [3.8, 4) is 11.5 Å². The van der Waals surface area contributed by atoms with E-state index in [9.17, 15) is 16.8 Å². The number of nitrogens with zero attached hydrogens (tertiary/aromatic N) is 1. The Morgan fingerprint density at radius 3 is 2.24 bits per heavy atom. The van der Waals surface area contributed by atoms with Gasteiger partial charge in [-0.2, -0.15) is 4.31 Å². The molecule has 0 N–H and O–H groups in total. The second-order valence-corrected chi connectivity index (χ2v) is 11.2. The summed E-state index contributed by atoms with van der Waals surface area (Å²) in [5, 5.41) is 0. The Morgan fingerprint density at radius 1 is 1.03 bits per heavy atom. The summed E-state index contributed by atoms with van der Waals surface area (Å²) in [6.07, 6.45) is 0.278. The van der Waals surface area contributed by atoms with Gasteiger partial charge in [-0.3, -0.25) is 0 Å². The van der Waals surface area contributed by atoms with Crippen LogP contribution in [0.1, 0.15) is 17.5 Å². The first-order valence-corrected chi connectivity index (χ1v) is 12.4. The average Bonchev–Trinajstić information content (AvgIpc) is 3.05. The van der Waals surface area contributed by atoms with Crippen LogP contribution in [0.4, 0.5) is 0 Å². The van der Waals surface area contributed by atoms with Gasteiger partial charge in [0.15, 0.2) is 21.3 Å². The smallest absolute Gasteiger partial charge is 0.243 e. The Labute approximate surface area is 172 Å². The molecule has 0 amide bonds. The first kappa shape index (κ1) is 21.6. The maximum Gasteiger partial charge on any atom is 0.243 e. The average molecular weight is 440 g/mol. The summed E-state index contributed by atoms with van der Waals surface area (Å²) in [6, 6.07) is 11.1. The molecule has 3 rings (SSSR count). The van der Waals surface area contributed by atoms with Crippen molar-refractivity contribution in [3.63, 3.8) is 0 Å². The first-order chi connectivity index (χ1) is 13.7. The summed E-state index contributed by atoms with van der Waals surface area (Å²) in [6.45, 7) is 1.91. The van der Waals surface area contributed by atoms with Crippen molar-refractivity contribution in [2.24, 2.45) is 0 Å². The van der Waals surface area contributed by atoms with Crippen LogP contribution in [0.25, 0.3) is 0 Å². The van der Waals surface area contributed by atoms with Crippen LogP contribution in [0.15, 0.2) is 47.4 Å². The predicted molar refractivity (Wildman–Crippen MR) is 111 cm³/mol. The number of aryl methyl sites for hydroxylation is 1. The molecule has 9 heteroatoms. The lowest BCUT2D eigenvalue weighted by Crippen LogP contribution is -2.40. The minimum Gasteiger partial charge on any atom is -0.493 e. The van der Waals surface area contributed by atoms with Gasteiger partial charge in [-0.1, -0.05) is 23.8 Å². The maximum atomic E-state index is 13.4. The number of sulfone groups is 1. The third-order valence-corrected chi connectivity index (χ3v) is 8.69. The second-order valence-electron chi connectivity index (χ2n) is 7.11. The van der Waals surface area contributed by atoms with E-state index in [1.807, 2.05) is 6.92 Å². The normalized spacial score (nSPS) is 18.7. The molecule has 0 aliphatic carbocycles. The van der Waals surface area contributed by atoms with Gasteiger partial charge in [0, 0.05) is 12.6 Å². The minimum atomic E-state index is -3.89. The molecule has 0 saturated carbocycles. The predicted octanol–water partition coefficient (Wildman–Crippen LogP) is 2.39. The highest BCUT2D eigenvalue weighted by Gasteiger charge is 2.38. The van der Waals surface area contributed by atoms with Crippen LogP contribution < -0.4 is 9.47 Å². The van der Waals surface area contributed by atoms with Crippen LogP contribution in [0.3, 0.4) is 0 Å². The molecule has 0 bridgehead atoms. The third kappa shape index (κ3) is 4.73. The molecule has 7 nitrogen and oxygen atoms in total. The Bertz CT molecular complexity index is 1080. The summed E-state index contributed by atoms with van der Waals surface area (Å²) in [4.78, 5) is 0.146. The molecule has 0 aromatic heterocycles. The molecule has 2 aromatic rings. The van der Waals surface area contributed by atoms with E-state index in [0.29, 0.717) is 17.1 Å². The molecule has 2 aromatic carbocycles. The topological polar surface area (TPSA) is 90.0 Å². The Morgan fingerprint density at radius 2 is 1.69 bits per heavy atom. The number of hydrogen-bond acceptors (Lipinski definition) is 6.